The molecule has 0 aromatic heterocycles. The van der Waals surface area contributed by atoms with Gasteiger partial charge >= 0.3 is 0 Å². The zero-order valence-electron chi connectivity index (χ0n) is 16.1. The van der Waals surface area contributed by atoms with E-state index in [4.69, 9.17) is 11.6 Å². The molecule has 1 unspecified atom stereocenters. The quantitative estimate of drug-likeness (QED) is 0.781. The number of nitrogens with one attached hydrogen (secondary N) is 1. The largest absolute Gasteiger partial charge is 0.342 e. The molecule has 4 rings (SSSR count). The first-order valence-corrected chi connectivity index (χ1v) is 10.4. The highest BCUT2D eigenvalue weighted by Gasteiger charge is 2.30. The van der Waals surface area contributed by atoms with Crippen LogP contribution >= 0.6 is 11.6 Å². The lowest BCUT2D eigenvalue weighted by molar-refractivity contribution is -0.134. The lowest BCUT2D eigenvalue weighted by atomic mass is 9.88. The van der Waals surface area contributed by atoms with Gasteiger partial charge in [-0.05, 0) is 36.0 Å². The number of likely N-dealkylation sites (tertiary alicyclic amines) is 1. The summed E-state index contributed by atoms with van der Waals surface area (Å²) in [5.74, 6) is -0.778. The second-order valence-corrected chi connectivity index (χ2v) is 8.05. The number of hydrogen-bond acceptors (Lipinski definition) is 3. The molecule has 2 aliphatic rings. The number of carbonyl (C=O) groups is 3. The van der Waals surface area contributed by atoms with Crippen LogP contribution < -0.4 is 5.32 Å². The molecule has 0 radical (unpaired) electrons. The Labute approximate surface area is 175 Å². The number of nitrogens with zero attached hydrogens (tertiary/aromatic N) is 1. The maximum absolute atomic E-state index is 12.3. The topological polar surface area (TPSA) is 66.5 Å². The van der Waals surface area contributed by atoms with Crippen molar-refractivity contribution in [1.29, 1.82) is 0 Å². The van der Waals surface area contributed by atoms with Crippen molar-refractivity contribution in [2.45, 2.75) is 38.0 Å². The molecular weight excluding hydrogens is 388 g/mol. The van der Waals surface area contributed by atoms with E-state index < -0.39 is 5.92 Å². The van der Waals surface area contributed by atoms with E-state index in [2.05, 4.69) is 5.32 Å². The van der Waals surface area contributed by atoms with E-state index in [1.807, 2.05) is 47.4 Å². The second-order valence-electron chi connectivity index (χ2n) is 7.67. The van der Waals surface area contributed by atoms with Crippen LogP contribution in [0.5, 0.6) is 0 Å². The molecule has 2 aromatic rings. The number of rotatable bonds is 4. The van der Waals surface area contributed by atoms with Crippen molar-refractivity contribution in [3.8, 4) is 11.1 Å². The summed E-state index contributed by atoms with van der Waals surface area (Å²) in [6.45, 7) is 1.72. The number of carbonyl (C=O) groups excluding carboxylic acids is 3. The third kappa shape index (κ3) is 4.20. The van der Waals surface area contributed by atoms with Crippen LogP contribution in [0.2, 0.25) is 5.02 Å². The molecule has 0 spiro atoms. The maximum Gasteiger partial charge on any atom is 0.234 e. The average molecular weight is 411 g/mol. The highest BCUT2D eigenvalue weighted by molar-refractivity contribution is 6.34. The first-order chi connectivity index (χ1) is 14.0. The predicted molar refractivity (Wildman–Crippen MR) is 112 cm³/mol. The Morgan fingerprint density at radius 3 is 2.48 bits per heavy atom. The van der Waals surface area contributed by atoms with E-state index in [9.17, 15) is 14.4 Å². The first kappa shape index (κ1) is 19.6. The summed E-state index contributed by atoms with van der Waals surface area (Å²) in [7, 11) is 0. The lowest BCUT2D eigenvalue weighted by Crippen LogP contribution is -2.39. The van der Waals surface area contributed by atoms with E-state index in [0.717, 1.165) is 48.2 Å². The summed E-state index contributed by atoms with van der Waals surface area (Å²) >= 11 is 6.66. The Morgan fingerprint density at radius 2 is 1.79 bits per heavy atom. The van der Waals surface area contributed by atoms with Crippen molar-refractivity contribution in [3.63, 3.8) is 0 Å². The van der Waals surface area contributed by atoms with E-state index in [1.165, 1.54) is 0 Å². The van der Waals surface area contributed by atoms with Gasteiger partial charge in [-0.2, -0.15) is 0 Å². The van der Waals surface area contributed by atoms with Gasteiger partial charge < -0.3 is 4.90 Å². The molecule has 2 fully saturated rings. The smallest absolute Gasteiger partial charge is 0.234 e. The highest BCUT2D eigenvalue weighted by Crippen LogP contribution is 2.37. The van der Waals surface area contributed by atoms with E-state index in [1.54, 1.807) is 0 Å². The van der Waals surface area contributed by atoms with Crippen LogP contribution in [0.1, 0.15) is 42.7 Å². The van der Waals surface area contributed by atoms with Gasteiger partial charge in [-0.1, -0.05) is 54.1 Å². The number of imide groups is 1. The molecule has 5 nitrogen and oxygen atoms in total. The summed E-state index contributed by atoms with van der Waals surface area (Å²) in [6, 6.07) is 13.5. The van der Waals surface area contributed by atoms with Crippen molar-refractivity contribution in [2.75, 3.05) is 13.1 Å². The van der Waals surface area contributed by atoms with Crippen LogP contribution in [0.15, 0.2) is 42.5 Å². The summed E-state index contributed by atoms with van der Waals surface area (Å²) in [6.07, 6.45) is 3.37. The van der Waals surface area contributed by atoms with Gasteiger partial charge in [0.1, 0.15) is 0 Å². The van der Waals surface area contributed by atoms with Gasteiger partial charge in [-0.15, -0.1) is 0 Å². The van der Waals surface area contributed by atoms with Crippen LogP contribution in [0.25, 0.3) is 11.1 Å². The fourth-order valence-corrected chi connectivity index (χ4v) is 4.45. The molecule has 2 heterocycles. The minimum absolute atomic E-state index is 0.174. The van der Waals surface area contributed by atoms with Crippen molar-refractivity contribution < 1.29 is 14.4 Å². The zero-order valence-corrected chi connectivity index (χ0v) is 16.9. The monoisotopic (exact) mass is 410 g/mol. The number of hydrogen-bond donors (Lipinski definition) is 1. The normalized spacial score (nSPS) is 19.3. The first-order valence-electron chi connectivity index (χ1n) is 10.0. The Kier molecular flexibility index (Phi) is 5.67. The Morgan fingerprint density at radius 1 is 1.07 bits per heavy atom. The second kappa shape index (κ2) is 8.37. The number of halogens is 1. The van der Waals surface area contributed by atoms with Crippen molar-refractivity contribution >= 4 is 29.3 Å². The SMILES string of the molecule is O=C1CCC(c2cccc(-c3ccc(CC(=O)N4CCCC4)cc3)c2Cl)C(=O)N1. The number of piperidine rings is 1. The maximum atomic E-state index is 12.3. The van der Waals surface area contributed by atoms with Crippen molar-refractivity contribution in [3.05, 3.63) is 58.6 Å². The van der Waals surface area contributed by atoms with Crippen LogP contribution in [-0.2, 0) is 20.8 Å². The van der Waals surface area contributed by atoms with Gasteiger partial charge in [0.25, 0.3) is 0 Å². The van der Waals surface area contributed by atoms with Crippen molar-refractivity contribution in [1.82, 2.24) is 10.2 Å². The van der Waals surface area contributed by atoms with Crippen LogP contribution in [0.4, 0.5) is 0 Å². The highest BCUT2D eigenvalue weighted by atomic mass is 35.5. The number of benzene rings is 2. The third-order valence-corrected chi connectivity index (χ3v) is 6.14. The lowest BCUT2D eigenvalue weighted by Gasteiger charge is -2.23. The minimum Gasteiger partial charge on any atom is -0.342 e. The molecule has 29 heavy (non-hydrogen) atoms. The summed E-state index contributed by atoms with van der Waals surface area (Å²) in [5, 5.41) is 2.92. The van der Waals surface area contributed by atoms with Crippen LogP contribution in [0.3, 0.4) is 0 Å². The molecule has 0 saturated carbocycles. The molecule has 2 aromatic carbocycles. The summed E-state index contributed by atoms with van der Waals surface area (Å²) in [4.78, 5) is 37.9. The van der Waals surface area contributed by atoms with E-state index in [0.29, 0.717) is 24.3 Å². The average Bonchev–Trinajstić information content (AvgIpc) is 3.25. The molecule has 6 heteroatoms. The van der Waals surface area contributed by atoms with Crippen molar-refractivity contribution in [2.24, 2.45) is 0 Å². The molecule has 0 aliphatic carbocycles. The van der Waals surface area contributed by atoms with Gasteiger partial charge in [0, 0.05) is 25.1 Å². The molecular formula is C23H23ClN2O3. The third-order valence-electron chi connectivity index (χ3n) is 5.72. The Balaban J connectivity index is 1.53. The van der Waals surface area contributed by atoms with Gasteiger partial charge in [0.2, 0.25) is 17.7 Å². The van der Waals surface area contributed by atoms with Crippen LogP contribution in [-0.4, -0.2) is 35.7 Å². The zero-order chi connectivity index (χ0) is 20.4. The van der Waals surface area contributed by atoms with E-state index in [-0.39, 0.29) is 17.7 Å². The molecule has 2 saturated heterocycles. The molecule has 2 aliphatic heterocycles. The molecule has 0 bridgehead atoms. The molecule has 3 amide bonds. The summed E-state index contributed by atoms with van der Waals surface area (Å²) < 4.78 is 0. The molecule has 150 valence electrons. The standard InChI is InChI=1S/C23H23ClN2O3/c24-22-17(4-3-5-18(22)19-10-11-20(27)25-23(19)29)16-8-6-15(7-9-16)14-21(28)26-12-1-2-13-26/h3-9,19H,1-2,10-14H2,(H,25,27,29). The Bertz CT molecular complexity index is 949. The predicted octanol–water partition coefficient (Wildman–Crippen LogP) is 3.69. The van der Waals surface area contributed by atoms with Gasteiger partial charge in [-0.3, -0.25) is 19.7 Å². The minimum atomic E-state index is -0.419. The fraction of sp³-hybridized carbons (Fsp3) is 0.348. The van der Waals surface area contributed by atoms with Gasteiger partial charge in [0.15, 0.2) is 0 Å². The fourth-order valence-electron chi connectivity index (χ4n) is 4.09. The van der Waals surface area contributed by atoms with Gasteiger partial charge in [-0.25, -0.2) is 0 Å². The van der Waals surface area contributed by atoms with Crippen LogP contribution in [0, 0.1) is 0 Å². The van der Waals surface area contributed by atoms with Gasteiger partial charge in [0.05, 0.1) is 17.4 Å². The Hall–Kier alpha value is -2.66. The summed E-state index contributed by atoms with van der Waals surface area (Å²) in [5.41, 5.74) is 3.48. The number of amides is 3. The molecule has 1 N–H and O–H groups in total. The van der Waals surface area contributed by atoms with E-state index >= 15 is 0 Å². The molecule has 1 atom stereocenters.